The maximum atomic E-state index is 11.8. The summed E-state index contributed by atoms with van der Waals surface area (Å²) in [6.45, 7) is 0.241. The van der Waals surface area contributed by atoms with E-state index in [9.17, 15) is 8.42 Å². The van der Waals surface area contributed by atoms with Crippen LogP contribution in [0.25, 0.3) is 0 Å². The topological polar surface area (TPSA) is 72.2 Å². The van der Waals surface area contributed by atoms with Gasteiger partial charge in [-0.15, -0.1) is 11.3 Å². The smallest absolute Gasteiger partial charge is 0.250 e. The van der Waals surface area contributed by atoms with Gasteiger partial charge in [0.25, 0.3) is 0 Å². The molecule has 0 radical (unpaired) electrons. The van der Waals surface area contributed by atoms with Crippen LogP contribution in [0, 0.1) is 0 Å². The minimum absolute atomic E-state index is 0.241. The van der Waals surface area contributed by atoms with Crippen molar-refractivity contribution in [3.05, 3.63) is 47.3 Å². The predicted octanol–water partition coefficient (Wildman–Crippen LogP) is 1.81. The van der Waals surface area contributed by atoms with Crippen molar-refractivity contribution in [3.63, 3.8) is 0 Å². The molecule has 0 aliphatic rings. The first kappa shape index (κ1) is 12.1. The van der Waals surface area contributed by atoms with Gasteiger partial charge in [0.15, 0.2) is 0 Å². The van der Waals surface area contributed by atoms with Gasteiger partial charge in [-0.2, -0.15) is 0 Å². The molecule has 2 aromatic rings. The molecule has 1 aromatic heterocycles. The number of hydrogen-bond acceptors (Lipinski definition) is 4. The van der Waals surface area contributed by atoms with Crippen molar-refractivity contribution in [2.24, 2.45) is 0 Å². The Labute approximate surface area is 104 Å². The predicted molar refractivity (Wildman–Crippen MR) is 69.2 cm³/mol. The van der Waals surface area contributed by atoms with Gasteiger partial charge in [0.1, 0.15) is 4.21 Å². The van der Waals surface area contributed by atoms with Gasteiger partial charge < -0.3 is 5.73 Å². The summed E-state index contributed by atoms with van der Waals surface area (Å²) in [4.78, 5) is 0. The molecule has 1 heterocycles. The molecular weight excluding hydrogens is 256 g/mol. The van der Waals surface area contributed by atoms with Gasteiger partial charge in [-0.1, -0.05) is 18.2 Å². The first-order chi connectivity index (χ1) is 8.08. The first-order valence-electron chi connectivity index (χ1n) is 4.95. The minimum atomic E-state index is -3.40. The lowest BCUT2D eigenvalue weighted by atomic mass is 10.2. The molecule has 0 bridgehead atoms. The van der Waals surface area contributed by atoms with Crippen molar-refractivity contribution in [3.8, 4) is 0 Å². The number of rotatable bonds is 4. The Morgan fingerprint density at radius 1 is 1.24 bits per heavy atom. The quantitative estimate of drug-likeness (QED) is 0.831. The molecule has 0 saturated carbocycles. The molecule has 0 aliphatic carbocycles. The molecule has 6 heteroatoms. The molecule has 4 nitrogen and oxygen atoms in total. The monoisotopic (exact) mass is 268 g/mol. The Balaban J connectivity index is 2.08. The van der Waals surface area contributed by atoms with Crippen LogP contribution in [0.3, 0.4) is 0 Å². The normalized spacial score (nSPS) is 11.5. The summed E-state index contributed by atoms with van der Waals surface area (Å²) in [7, 11) is -3.40. The molecule has 0 spiro atoms. The van der Waals surface area contributed by atoms with Crippen molar-refractivity contribution in [1.29, 1.82) is 0 Å². The Bertz CT molecular complexity index is 592. The number of anilines is 1. The average molecular weight is 268 g/mol. The fraction of sp³-hybridized carbons (Fsp3) is 0.0909. The van der Waals surface area contributed by atoms with Crippen LogP contribution in [0.15, 0.2) is 46.0 Å². The lowest BCUT2D eigenvalue weighted by Crippen LogP contribution is -2.22. The van der Waals surface area contributed by atoms with E-state index < -0.39 is 10.0 Å². The van der Waals surface area contributed by atoms with Gasteiger partial charge >= 0.3 is 0 Å². The summed E-state index contributed by atoms with van der Waals surface area (Å²) in [5.41, 5.74) is 7.08. The van der Waals surface area contributed by atoms with Gasteiger partial charge in [-0.3, -0.25) is 0 Å². The molecule has 0 unspecified atom stereocenters. The second-order valence-electron chi connectivity index (χ2n) is 3.50. The van der Waals surface area contributed by atoms with Gasteiger partial charge in [0.2, 0.25) is 10.0 Å². The van der Waals surface area contributed by atoms with E-state index in [1.54, 1.807) is 35.7 Å². The zero-order valence-electron chi connectivity index (χ0n) is 8.96. The average Bonchev–Trinajstić information content (AvgIpc) is 2.81. The van der Waals surface area contributed by atoms with Crippen molar-refractivity contribution in [2.75, 3.05) is 5.73 Å². The summed E-state index contributed by atoms with van der Waals surface area (Å²) in [5.74, 6) is 0. The molecule has 0 aliphatic heterocycles. The fourth-order valence-electron chi connectivity index (χ4n) is 1.37. The molecule has 2 rings (SSSR count). The van der Waals surface area contributed by atoms with Crippen LogP contribution in [-0.2, 0) is 16.6 Å². The van der Waals surface area contributed by atoms with Gasteiger partial charge in [0, 0.05) is 12.2 Å². The Morgan fingerprint density at radius 2 is 2.06 bits per heavy atom. The zero-order valence-corrected chi connectivity index (χ0v) is 10.6. The van der Waals surface area contributed by atoms with Crippen LogP contribution in [0.2, 0.25) is 0 Å². The maximum absolute atomic E-state index is 11.8. The van der Waals surface area contributed by atoms with E-state index in [4.69, 9.17) is 5.73 Å². The lowest BCUT2D eigenvalue weighted by molar-refractivity contribution is 0.583. The highest BCUT2D eigenvalue weighted by molar-refractivity contribution is 7.91. The molecule has 0 saturated heterocycles. The van der Waals surface area contributed by atoms with E-state index in [1.165, 1.54) is 11.3 Å². The van der Waals surface area contributed by atoms with Crippen LogP contribution < -0.4 is 10.5 Å². The summed E-state index contributed by atoms with van der Waals surface area (Å²) in [6.07, 6.45) is 0. The van der Waals surface area contributed by atoms with Crippen LogP contribution in [0.1, 0.15) is 5.56 Å². The molecule has 3 N–H and O–H groups in total. The number of nitrogen functional groups attached to an aromatic ring is 1. The highest BCUT2D eigenvalue weighted by Crippen LogP contribution is 2.16. The van der Waals surface area contributed by atoms with Crippen molar-refractivity contribution in [2.45, 2.75) is 10.8 Å². The van der Waals surface area contributed by atoms with Crippen LogP contribution >= 0.6 is 11.3 Å². The number of nitrogens with one attached hydrogen (secondary N) is 1. The second-order valence-corrected chi connectivity index (χ2v) is 6.44. The number of thiophene rings is 1. The fourth-order valence-corrected chi connectivity index (χ4v) is 3.42. The van der Waals surface area contributed by atoms with Crippen molar-refractivity contribution >= 4 is 27.0 Å². The van der Waals surface area contributed by atoms with E-state index in [1.807, 2.05) is 6.07 Å². The number of hydrogen-bond donors (Lipinski definition) is 2. The second kappa shape index (κ2) is 4.87. The molecule has 1 aromatic carbocycles. The summed E-state index contributed by atoms with van der Waals surface area (Å²) in [5, 5.41) is 1.73. The first-order valence-corrected chi connectivity index (χ1v) is 7.32. The highest BCUT2D eigenvalue weighted by Gasteiger charge is 2.14. The van der Waals surface area contributed by atoms with Gasteiger partial charge in [-0.25, -0.2) is 13.1 Å². The molecule has 0 fully saturated rings. The van der Waals surface area contributed by atoms with E-state index in [0.717, 1.165) is 5.56 Å². The molecule has 90 valence electrons. The maximum Gasteiger partial charge on any atom is 0.250 e. The van der Waals surface area contributed by atoms with Crippen molar-refractivity contribution in [1.82, 2.24) is 4.72 Å². The Hall–Kier alpha value is -1.37. The van der Waals surface area contributed by atoms with Crippen LogP contribution in [0.5, 0.6) is 0 Å². The van der Waals surface area contributed by atoms with E-state index >= 15 is 0 Å². The van der Waals surface area contributed by atoms with Gasteiger partial charge in [-0.05, 0) is 29.1 Å². The molecule has 0 amide bonds. The third-order valence-electron chi connectivity index (χ3n) is 2.18. The van der Waals surface area contributed by atoms with E-state index in [2.05, 4.69) is 4.72 Å². The highest BCUT2D eigenvalue weighted by atomic mass is 32.2. The molecule has 17 heavy (non-hydrogen) atoms. The standard InChI is InChI=1S/C11H12N2O2S2/c12-10-4-1-3-9(7-10)8-13-17(14,15)11-5-2-6-16-11/h1-7,13H,8,12H2. The number of benzene rings is 1. The Kier molecular flexibility index (Phi) is 3.46. The minimum Gasteiger partial charge on any atom is -0.399 e. The summed E-state index contributed by atoms with van der Waals surface area (Å²) >= 11 is 1.19. The number of nitrogens with two attached hydrogens (primary N) is 1. The molecular formula is C11H12N2O2S2. The zero-order chi connectivity index (χ0) is 12.3. The molecule has 0 atom stereocenters. The summed E-state index contributed by atoms with van der Waals surface area (Å²) in [6, 6.07) is 10.4. The van der Waals surface area contributed by atoms with Gasteiger partial charge in [0.05, 0.1) is 0 Å². The van der Waals surface area contributed by atoms with Crippen LogP contribution in [0.4, 0.5) is 5.69 Å². The third-order valence-corrected chi connectivity index (χ3v) is 4.98. The van der Waals surface area contributed by atoms with E-state index in [-0.39, 0.29) is 6.54 Å². The van der Waals surface area contributed by atoms with Crippen molar-refractivity contribution < 1.29 is 8.42 Å². The lowest BCUT2D eigenvalue weighted by Gasteiger charge is -2.05. The van der Waals surface area contributed by atoms with Crippen LogP contribution in [-0.4, -0.2) is 8.42 Å². The summed E-state index contributed by atoms with van der Waals surface area (Å²) < 4.78 is 26.5. The largest absolute Gasteiger partial charge is 0.399 e. The SMILES string of the molecule is Nc1cccc(CNS(=O)(=O)c2cccs2)c1. The number of sulfonamides is 1. The van der Waals surface area contributed by atoms with E-state index in [0.29, 0.717) is 9.90 Å². The Morgan fingerprint density at radius 3 is 2.71 bits per heavy atom. The third kappa shape index (κ3) is 3.06.